The second-order valence-corrected chi connectivity index (χ2v) is 6.13. The molecule has 0 bridgehead atoms. The van der Waals surface area contributed by atoms with E-state index in [0.29, 0.717) is 6.04 Å². The van der Waals surface area contributed by atoms with Crippen molar-refractivity contribution in [3.63, 3.8) is 0 Å². The zero-order valence-electron chi connectivity index (χ0n) is 12.5. The second kappa shape index (κ2) is 6.53. The van der Waals surface area contributed by atoms with E-state index in [0.717, 1.165) is 25.3 Å². The SMILES string of the molecule is CCC1CCC(O)C(N(C)Cc2cccc(C)c2)C1. The molecule has 2 rings (SSSR count). The Morgan fingerprint density at radius 2 is 2.11 bits per heavy atom. The number of rotatable bonds is 4. The largest absolute Gasteiger partial charge is 0.391 e. The van der Waals surface area contributed by atoms with E-state index >= 15 is 0 Å². The number of likely N-dealkylation sites (N-methyl/N-ethyl adjacent to an activating group) is 1. The zero-order chi connectivity index (χ0) is 13.8. The molecule has 1 aromatic carbocycles. The smallest absolute Gasteiger partial charge is 0.0695 e. The Morgan fingerprint density at radius 1 is 1.32 bits per heavy atom. The van der Waals surface area contributed by atoms with Gasteiger partial charge in [-0.3, -0.25) is 4.90 Å². The van der Waals surface area contributed by atoms with Crippen LogP contribution in [0.15, 0.2) is 24.3 Å². The Kier molecular flexibility index (Phi) is 5.00. The first kappa shape index (κ1) is 14.5. The fraction of sp³-hybridized carbons (Fsp3) is 0.647. The minimum absolute atomic E-state index is 0.155. The molecule has 1 aliphatic carbocycles. The van der Waals surface area contributed by atoms with Crippen molar-refractivity contribution in [3.05, 3.63) is 35.4 Å². The van der Waals surface area contributed by atoms with Gasteiger partial charge in [0, 0.05) is 12.6 Å². The van der Waals surface area contributed by atoms with Crippen molar-refractivity contribution in [3.8, 4) is 0 Å². The molecule has 2 nitrogen and oxygen atoms in total. The summed E-state index contributed by atoms with van der Waals surface area (Å²) in [4.78, 5) is 2.33. The Bertz CT molecular complexity index is 404. The summed E-state index contributed by atoms with van der Waals surface area (Å²) >= 11 is 0. The summed E-state index contributed by atoms with van der Waals surface area (Å²) in [6, 6.07) is 8.98. The molecular weight excluding hydrogens is 234 g/mol. The number of nitrogens with zero attached hydrogens (tertiary/aromatic N) is 1. The molecule has 1 saturated carbocycles. The van der Waals surface area contributed by atoms with E-state index < -0.39 is 0 Å². The molecule has 1 aromatic rings. The number of aliphatic hydroxyl groups excluding tert-OH is 1. The van der Waals surface area contributed by atoms with Crippen LogP contribution in [0.2, 0.25) is 0 Å². The van der Waals surface area contributed by atoms with E-state index in [1.165, 1.54) is 24.0 Å². The summed E-state index contributed by atoms with van der Waals surface area (Å²) < 4.78 is 0. The van der Waals surface area contributed by atoms with Gasteiger partial charge in [-0.25, -0.2) is 0 Å². The minimum atomic E-state index is -0.155. The molecule has 19 heavy (non-hydrogen) atoms. The average molecular weight is 261 g/mol. The standard InChI is InChI=1S/C17H27NO/c1-4-14-8-9-17(19)16(11-14)18(3)12-15-7-5-6-13(2)10-15/h5-7,10,14,16-17,19H,4,8-9,11-12H2,1-3H3. The van der Waals surface area contributed by atoms with Crippen LogP contribution < -0.4 is 0 Å². The van der Waals surface area contributed by atoms with Crippen molar-refractivity contribution in [2.75, 3.05) is 7.05 Å². The molecule has 3 atom stereocenters. The van der Waals surface area contributed by atoms with Crippen LogP contribution in [0.1, 0.15) is 43.7 Å². The predicted octanol–water partition coefficient (Wildman–Crippen LogP) is 3.37. The van der Waals surface area contributed by atoms with Crippen molar-refractivity contribution in [2.24, 2.45) is 5.92 Å². The quantitative estimate of drug-likeness (QED) is 0.898. The van der Waals surface area contributed by atoms with Gasteiger partial charge in [-0.05, 0) is 44.7 Å². The molecule has 0 amide bonds. The van der Waals surface area contributed by atoms with Crippen molar-refractivity contribution in [1.82, 2.24) is 4.90 Å². The molecular formula is C17H27NO. The van der Waals surface area contributed by atoms with E-state index in [-0.39, 0.29) is 6.10 Å². The maximum Gasteiger partial charge on any atom is 0.0695 e. The van der Waals surface area contributed by atoms with E-state index in [9.17, 15) is 5.11 Å². The van der Waals surface area contributed by atoms with Crippen molar-refractivity contribution in [1.29, 1.82) is 0 Å². The van der Waals surface area contributed by atoms with Gasteiger partial charge >= 0.3 is 0 Å². The van der Waals surface area contributed by atoms with Gasteiger partial charge in [0.25, 0.3) is 0 Å². The number of hydrogen-bond donors (Lipinski definition) is 1. The van der Waals surface area contributed by atoms with Gasteiger partial charge in [-0.1, -0.05) is 43.2 Å². The van der Waals surface area contributed by atoms with Crippen LogP contribution in [0.4, 0.5) is 0 Å². The highest BCUT2D eigenvalue weighted by molar-refractivity contribution is 5.22. The highest BCUT2D eigenvalue weighted by Gasteiger charge is 2.30. The Labute approximate surface area is 117 Å². The predicted molar refractivity (Wildman–Crippen MR) is 80.1 cm³/mol. The fourth-order valence-corrected chi connectivity index (χ4v) is 3.28. The third-order valence-corrected chi connectivity index (χ3v) is 4.55. The first-order valence-corrected chi connectivity index (χ1v) is 7.54. The summed E-state index contributed by atoms with van der Waals surface area (Å²) in [6.45, 7) is 5.33. The molecule has 0 aromatic heterocycles. The number of aryl methyl sites for hydroxylation is 1. The lowest BCUT2D eigenvalue weighted by atomic mass is 9.81. The number of hydrogen-bond acceptors (Lipinski definition) is 2. The van der Waals surface area contributed by atoms with Crippen molar-refractivity contribution < 1.29 is 5.11 Å². The Balaban J connectivity index is 1.99. The molecule has 1 N–H and O–H groups in total. The molecule has 106 valence electrons. The van der Waals surface area contributed by atoms with Crippen LogP contribution in [0, 0.1) is 12.8 Å². The first-order chi connectivity index (χ1) is 9.10. The van der Waals surface area contributed by atoms with Crippen LogP contribution in [0.3, 0.4) is 0 Å². The van der Waals surface area contributed by atoms with E-state index in [2.05, 4.69) is 50.1 Å². The minimum Gasteiger partial charge on any atom is -0.391 e. The molecule has 0 saturated heterocycles. The van der Waals surface area contributed by atoms with Gasteiger partial charge in [0.05, 0.1) is 6.10 Å². The lowest BCUT2D eigenvalue weighted by Gasteiger charge is -2.38. The summed E-state index contributed by atoms with van der Waals surface area (Å²) in [5, 5.41) is 10.2. The normalized spacial score (nSPS) is 27.7. The second-order valence-electron chi connectivity index (χ2n) is 6.13. The molecule has 1 aliphatic rings. The lowest BCUT2D eigenvalue weighted by molar-refractivity contribution is 0.0105. The van der Waals surface area contributed by atoms with E-state index in [1.807, 2.05) is 0 Å². The van der Waals surface area contributed by atoms with Crippen molar-refractivity contribution in [2.45, 2.75) is 58.2 Å². The zero-order valence-corrected chi connectivity index (χ0v) is 12.5. The summed E-state index contributed by atoms with van der Waals surface area (Å²) in [5.41, 5.74) is 2.65. The van der Waals surface area contributed by atoms with Gasteiger partial charge in [-0.15, -0.1) is 0 Å². The van der Waals surface area contributed by atoms with Gasteiger partial charge in [0.2, 0.25) is 0 Å². The summed E-state index contributed by atoms with van der Waals surface area (Å²) in [7, 11) is 2.15. The van der Waals surface area contributed by atoms with Crippen LogP contribution in [-0.4, -0.2) is 29.2 Å². The maximum absolute atomic E-state index is 10.2. The third-order valence-electron chi connectivity index (χ3n) is 4.55. The van der Waals surface area contributed by atoms with E-state index in [1.54, 1.807) is 0 Å². The molecule has 2 heteroatoms. The highest BCUT2D eigenvalue weighted by Crippen LogP contribution is 2.30. The first-order valence-electron chi connectivity index (χ1n) is 7.54. The van der Waals surface area contributed by atoms with Gasteiger partial charge < -0.3 is 5.11 Å². The van der Waals surface area contributed by atoms with Gasteiger partial charge in [0.15, 0.2) is 0 Å². The molecule has 0 radical (unpaired) electrons. The van der Waals surface area contributed by atoms with Gasteiger partial charge in [0.1, 0.15) is 0 Å². The van der Waals surface area contributed by atoms with Crippen LogP contribution >= 0.6 is 0 Å². The van der Waals surface area contributed by atoms with Gasteiger partial charge in [-0.2, -0.15) is 0 Å². The number of benzene rings is 1. The molecule has 0 spiro atoms. The topological polar surface area (TPSA) is 23.5 Å². The monoisotopic (exact) mass is 261 g/mol. The number of aliphatic hydroxyl groups is 1. The van der Waals surface area contributed by atoms with E-state index in [4.69, 9.17) is 0 Å². The van der Waals surface area contributed by atoms with Crippen molar-refractivity contribution >= 4 is 0 Å². The Morgan fingerprint density at radius 3 is 2.79 bits per heavy atom. The van der Waals surface area contributed by atoms with Crippen LogP contribution in [0.25, 0.3) is 0 Å². The average Bonchev–Trinajstić information content (AvgIpc) is 2.39. The summed E-state index contributed by atoms with van der Waals surface area (Å²) in [6.07, 6.45) is 4.37. The lowest BCUT2D eigenvalue weighted by Crippen LogP contribution is -2.45. The summed E-state index contributed by atoms with van der Waals surface area (Å²) in [5.74, 6) is 0.786. The van der Waals surface area contributed by atoms with Crippen LogP contribution in [-0.2, 0) is 6.54 Å². The third kappa shape index (κ3) is 3.80. The fourth-order valence-electron chi connectivity index (χ4n) is 3.28. The maximum atomic E-state index is 10.2. The molecule has 0 heterocycles. The van der Waals surface area contributed by atoms with Crippen LogP contribution in [0.5, 0.6) is 0 Å². The molecule has 3 unspecified atom stereocenters. The molecule has 1 fully saturated rings. The Hall–Kier alpha value is -0.860. The highest BCUT2D eigenvalue weighted by atomic mass is 16.3. The molecule has 0 aliphatic heterocycles.